The van der Waals surface area contributed by atoms with Crippen LogP contribution in [0.15, 0.2) is 0 Å². The molecule has 1 saturated carbocycles. The van der Waals surface area contributed by atoms with E-state index in [-0.39, 0.29) is 12.8 Å². The van der Waals surface area contributed by atoms with E-state index in [0.717, 1.165) is 0 Å². The summed E-state index contributed by atoms with van der Waals surface area (Å²) in [7, 11) is 0. The third-order valence-electron chi connectivity index (χ3n) is 2.30. The van der Waals surface area contributed by atoms with Crippen molar-refractivity contribution >= 4 is 0 Å². The Balaban J connectivity index is 2.87. The molecule has 1 aliphatic rings. The molecule has 0 aliphatic heterocycles. The fourth-order valence-corrected chi connectivity index (χ4v) is 1.66. The van der Waals surface area contributed by atoms with Crippen molar-refractivity contribution in [3.05, 3.63) is 13.3 Å². The summed E-state index contributed by atoms with van der Waals surface area (Å²) >= 11 is 0. The van der Waals surface area contributed by atoms with Gasteiger partial charge in [0.2, 0.25) is 0 Å². The Bertz CT molecular complexity index is 183. The van der Waals surface area contributed by atoms with Crippen LogP contribution in [0.25, 0.3) is 0 Å². The van der Waals surface area contributed by atoms with Crippen molar-refractivity contribution in [2.45, 2.75) is 24.9 Å². The van der Waals surface area contributed by atoms with Crippen LogP contribution < -0.4 is 0 Å². The SMILES string of the molecule is [CH2]CC1C[CH]C(F)(F)C1C(F)(F)F. The van der Waals surface area contributed by atoms with Crippen LogP contribution in [-0.2, 0) is 0 Å². The zero-order chi connectivity index (χ0) is 10.3. The lowest BCUT2D eigenvalue weighted by atomic mass is 9.91. The van der Waals surface area contributed by atoms with Gasteiger partial charge in [-0.05, 0) is 18.8 Å². The second kappa shape index (κ2) is 3.10. The van der Waals surface area contributed by atoms with E-state index in [0.29, 0.717) is 6.42 Å². The Morgan fingerprint density at radius 1 is 1.38 bits per heavy atom. The molecule has 1 rings (SSSR count). The average molecular weight is 200 g/mol. The van der Waals surface area contributed by atoms with Crippen LogP contribution in [-0.4, -0.2) is 12.1 Å². The number of alkyl halides is 5. The molecule has 0 N–H and O–H groups in total. The molecular formula is C8H9F5. The topological polar surface area (TPSA) is 0 Å². The number of hydrogen-bond donors (Lipinski definition) is 0. The third-order valence-corrected chi connectivity index (χ3v) is 2.30. The first-order valence-corrected chi connectivity index (χ1v) is 3.87. The van der Waals surface area contributed by atoms with E-state index in [1.165, 1.54) is 0 Å². The Kier molecular flexibility index (Phi) is 2.56. The maximum absolute atomic E-state index is 12.7. The number of halogens is 5. The van der Waals surface area contributed by atoms with Gasteiger partial charge in [-0.3, -0.25) is 0 Å². The molecule has 0 saturated heterocycles. The van der Waals surface area contributed by atoms with Crippen molar-refractivity contribution in [2.75, 3.05) is 0 Å². The molecule has 2 atom stereocenters. The number of hydrogen-bond acceptors (Lipinski definition) is 0. The minimum absolute atomic E-state index is 0.115. The predicted octanol–water partition coefficient (Wildman–Crippen LogP) is 3.25. The quantitative estimate of drug-likeness (QED) is 0.570. The van der Waals surface area contributed by atoms with Gasteiger partial charge in [-0.15, -0.1) is 0 Å². The van der Waals surface area contributed by atoms with Crippen LogP contribution in [0.2, 0.25) is 0 Å². The average Bonchev–Trinajstić information content (AvgIpc) is 2.23. The summed E-state index contributed by atoms with van der Waals surface area (Å²) in [6, 6.07) is 0. The van der Waals surface area contributed by atoms with Crippen LogP contribution in [0, 0.1) is 25.2 Å². The largest absolute Gasteiger partial charge is 0.397 e. The molecule has 0 heterocycles. The smallest absolute Gasteiger partial charge is 0.206 e. The normalized spacial score (nSPS) is 33.7. The molecule has 0 spiro atoms. The lowest BCUT2D eigenvalue weighted by Crippen LogP contribution is -2.38. The molecular weight excluding hydrogens is 191 g/mol. The van der Waals surface area contributed by atoms with Crippen molar-refractivity contribution in [1.82, 2.24) is 0 Å². The molecule has 0 aromatic heterocycles. The Hall–Kier alpha value is -0.350. The van der Waals surface area contributed by atoms with Crippen molar-refractivity contribution in [3.8, 4) is 0 Å². The molecule has 2 radical (unpaired) electrons. The zero-order valence-corrected chi connectivity index (χ0v) is 6.74. The zero-order valence-electron chi connectivity index (χ0n) is 6.74. The van der Waals surface area contributed by atoms with E-state index in [4.69, 9.17) is 0 Å². The van der Waals surface area contributed by atoms with E-state index < -0.39 is 23.9 Å². The van der Waals surface area contributed by atoms with Gasteiger partial charge in [0.1, 0.15) is 5.92 Å². The van der Waals surface area contributed by atoms with Gasteiger partial charge in [0.05, 0.1) is 0 Å². The first-order chi connectivity index (χ1) is 5.79. The maximum atomic E-state index is 12.7. The van der Waals surface area contributed by atoms with Gasteiger partial charge in [0, 0.05) is 6.42 Å². The van der Waals surface area contributed by atoms with Crippen LogP contribution >= 0.6 is 0 Å². The van der Waals surface area contributed by atoms with E-state index in [9.17, 15) is 22.0 Å². The van der Waals surface area contributed by atoms with Gasteiger partial charge < -0.3 is 0 Å². The number of rotatable bonds is 1. The minimum Gasteiger partial charge on any atom is -0.206 e. The lowest BCUT2D eigenvalue weighted by molar-refractivity contribution is -0.233. The molecule has 1 fully saturated rings. The molecule has 1 aliphatic carbocycles. The van der Waals surface area contributed by atoms with E-state index in [2.05, 4.69) is 6.92 Å². The molecule has 0 aromatic rings. The summed E-state index contributed by atoms with van der Waals surface area (Å²) in [5, 5.41) is 0. The summed E-state index contributed by atoms with van der Waals surface area (Å²) in [6.45, 7) is 3.24. The Morgan fingerprint density at radius 3 is 2.23 bits per heavy atom. The minimum atomic E-state index is -4.83. The highest BCUT2D eigenvalue weighted by Crippen LogP contribution is 2.52. The van der Waals surface area contributed by atoms with Crippen molar-refractivity contribution in [2.24, 2.45) is 11.8 Å². The molecule has 0 aromatic carbocycles. The standard InChI is InChI=1S/C8H9F5/c1-2-5-3-4-7(9,10)6(5)8(11,12)13/h4-6H,1-3H2. The van der Waals surface area contributed by atoms with Crippen molar-refractivity contribution < 1.29 is 22.0 Å². The van der Waals surface area contributed by atoms with Crippen LogP contribution in [0.1, 0.15) is 12.8 Å². The van der Waals surface area contributed by atoms with Gasteiger partial charge >= 0.3 is 6.18 Å². The summed E-state index contributed by atoms with van der Waals surface area (Å²) in [4.78, 5) is 0. The van der Waals surface area contributed by atoms with Crippen LogP contribution in [0.4, 0.5) is 22.0 Å². The molecule has 2 unspecified atom stereocenters. The summed E-state index contributed by atoms with van der Waals surface area (Å²) in [5.41, 5.74) is 0. The highest BCUT2D eigenvalue weighted by atomic mass is 19.4. The molecule has 0 bridgehead atoms. The molecule has 13 heavy (non-hydrogen) atoms. The summed E-state index contributed by atoms with van der Waals surface area (Å²) in [5.74, 6) is -7.34. The highest BCUT2D eigenvalue weighted by Gasteiger charge is 2.62. The van der Waals surface area contributed by atoms with Gasteiger partial charge in [0.15, 0.2) is 0 Å². The Labute approximate surface area is 73.1 Å². The molecule has 0 amide bonds. The molecule has 5 heteroatoms. The van der Waals surface area contributed by atoms with Crippen LogP contribution in [0.3, 0.4) is 0 Å². The summed E-state index contributed by atoms with van der Waals surface area (Å²) in [6.07, 6.45) is -4.71. The van der Waals surface area contributed by atoms with Gasteiger partial charge in [-0.25, -0.2) is 8.78 Å². The summed E-state index contributed by atoms with van der Waals surface area (Å²) < 4.78 is 62.0. The fourth-order valence-electron chi connectivity index (χ4n) is 1.66. The fraction of sp³-hybridized carbons (Fsp3) is 0.750. The monoisotopic (exact) mass is 200 g/mol. The first kappa shape index (κ1) is 10.7. The molecule has 76 valence electrons. The van der Waals surface area contributed by atoms with Crippen LogP contribution in [0.5, 0.6) is 0 Å². The third kappa shape index (κ3) is 1.94. The van der Waals surface area contributed by atoms with Gasteiger partial charge in [-0.1, -0.05) is 6.92 Å². The lowest BCUT2D eigenvalue weighted by Gasteiger charge is -2.25. The van der Waals surface area contributed by atoms with E-state index in [1.807, 2.05) is 0 Å². The maximum Gasteiger partial charge on any atom is 0.397 e. The van der Waals surface area contributed by atoms with Crippen molar-refractivity contribution in [1.29, 1.82) is 0 Å². The predicted molar refractivity (Wildman–Crippen MR) is 36.9 cm³/mol. The van der Waals surface area contributed by atoms with Gasteiger partial charge in [-0.2, -0.15) is 13.2 Å². The molecule has 0 nitrogen and oxygen atoms in total. The second-order valence-electron chi connectivity index (χ2n) is 3.18. The Morgan fingerprint density at radius 2 is 1.92 bits per heavy atom. The first-order valence-electron chi connectivity index (χ1n) is 3.87. The van der Waals surface area contributed by atoms with Gasteiger partial charge in [0.25, 0.3) is 5.92 Å². The van der Waals surface area contributed by atoms with E-state index in [1.54, 1.807) is 0 Å². The van der Waals surface area contributed by atoms with E-state index >= 15 is 0 Å². The highest BCUT2D eigenvalue weighted by molar-refractivity contribution is 5.05. The second-order valence-corrected chi connectivity index (χ2v) is 3.18. The van der Waals surface area contributed by atoms with Crippen molar-refractivity contribution in [3.63, 3.8) is 0 Å².